The molecule has 0 radical (unpaired) electrons. The van der Waals surface area contributed by atoms with E-state index in [1.54, 1.807) is 0 Å². The molecule has 3 aromatic rings. The van der Waals surface area contributed by atoms with Crippen molar-refractivity contribution in [3.8, 4) is 11.4 Å². The van der Waals surface area contributed by atoms with Crippen molar-refractivity contribution in [1.82, 2.24) is 9.97 Å². The van der Waals surface area contributed by atoms with Gasteiger partial charge in [0.25, 0.3) is 0 Å². The highest BCUT2D eigenvalue weighted by Crippen LogP contribution is 2.55. The molecule has 5 rings (SSSR count). The summed E-state index contributed by atoms with van der Waals surface area (Å²) in [4.78, 5) is 22.7. The Hall–Kier alpha value is -3.27. The summed E-state index contributed by atoms with van der Waals surface area (Å²) in [6, 6.07) is 20.3. The summed E-state index contributed by atoms with van der Waals surface area (Å²) in [6.45, 7) is 2.00. The maximum atomic E-state index is 12.9. The van der Waals surface area contributed by atoms with Crippen molar-refractivity contribution in [3.05, 3.63) is 95.5 Å². The van der Waals surface area contributed by atoms with E-state index in [1.807, 2.05) is 61.7 Å². The van der Waals surface area contributed by atoms with Gasteiger partial charge in [0, 0.05) is 28.7 Å². The Morgan fingerprint density at radius 1 is 1.07 bits per heavy atom. The Balaban J connectivity index is 1.78. The molecule has 2 aromatic carbocycles. The molecule has 0 bridgehead atoms. The Labute approximate surface area is 176 Å². The number of aromatic nitrogens is 2. The summed E-state index contributed by atoms with van der Waals surface area (Å²) < 4.78 is 0. The summed E-state index contributed by atoms with van der Waals surface area (Å²) in [6.07, 6.45) is 5.18. The summed E-state index contributed by atoms with van der Waals surface area (Å²) >= 11 is 0. The zero-order valence-electron chi connectivity index (χ0n) is 17.0. The molecule has 150 valence electrons. The van der Waals surface area contributed by atoms with Crippen molar-refractivity contribution >= 4 is 5.78 Å². The van der Waals surface area contributed by atoms with E-state index in [2.05, 4.69) is 17.1 Å². The molecule has 1 fully saturated rings. The van der Waals surface area contributed by atoms with Crippen LogP contribution in [0.25, 0.3) is 11.4 Å². The average molecular weight is 396 g/mol. The zero-order chi connectivity index (χ0) is 20.7. The van der Waals surface area contributed by atoms with Gasteiger partial charge in [-0.15, -0.1) is 0 Å². The summed E-state index contributed by atoms with van der Waals surface area (Å²) in [5, 5.41) is 9.90. The molecule has 2 aliphatic rings. The van der Waals surface area contributed by atoms with Gasteiger partial charge in [0.05, 0.1) is 12.0 Å². The number of benzene rings is 2. The topological polar surface area (TPSA) is 63.1 Å². The molecule has 1 aromatic heterocycles. The Morgan fingerprint density at radius 2 is 1.77 bits per heavy atom. The zero-order valence-corrected chi connectivity index (χ0v) is 17.0. The van der Waals surface area contributed by atoms with Crippen LogP contribution < -0.4 is 0 Å². The van der Waals surface area contributed by atoms with E-state index in [0.29, 0.717) is 17.8 Å². The molecule has 3 atom stereocenters. The number of nitrogens with zero attached hydrogens (tertiary/aromatic N) is 2. The van der Waals surface area contributed by atoms with Gasteiger partial charge in [0.15, 0.2) is 11.6 Å². The van der Waals surface area contributed by atoms with E-state index in [4.69, 9.17) is 4.98 Å². The molecule has 30 heavy (non-hydrogen) atoms. The first kappa shape index (κ1) is 18.7. The molecule has 0 amide bonds. The second kappa shape index (κ2) is 7.21. The Bertz CT molecular complexity index is 1120. The van der Waals surface area contributed by atoms with Crippen molar-refractivity contribution in [2.24, 2.45) is 11.8 Å². The molecule has 4 nitrogen and oxygen atoms in total. The standard InChI is InChI=1S/C26H24N2O2/c1-17-22-13-12-19-15-27-25(18-8-4-2-5-9-18)28-24(19)26(22,14-20(16-29)23(17)30)21-10-6-3-7-11-21/h2-11,15-17,22,29H,12-14H2,1H3/b20-16-/t17-,22-,26+/m0/s1. The minimum atomic E-state index is -0.455. The molecule has 4 heteroatoms. The fourth-order valence-electron chi connectivity index (χ4n) is 5.49. The minimum absolute atomic E-state index is 0.0508. The normalized spacial score (nSPS) is 26.8. The molecule has 0 unspecified atom stereocenters. The first-order valence-corrected chi connectivity index (χ1v) is 10.5. The maximum Gasteiger partial charge on any atom is 0.165 e. The molecule has 1 saturated carbocycles. The molecular formula is C26H24N2O2. The average Bonchev–Trinajstić information content (AvgIpc) is 2.82. The largest absolute Gasteiger partial charge is 0.515 e. The summed E-state index contributed by atoms with van der Waals surface area (Å²) in [7, 11) is 0. The van der Waals surface area contributed by atoms with Gasteiger partial charge in [-0.2, -0.15) is 0 Å². The van der Waals surface area contributed by atoms with Gasteiger partial charge in [0.2, 0.25) is 0 Å². The van der Waals surface area contributed by atoms with E-state index in [1.165, 1.54) is 0 Å². The maximum absolute atomic E-state index is 12.9. The lowest BCUT2D eigenvalue weighted by molar-refractivity contribution is -0.123. The highest BCUT2D eigenvalue weighted by atomic mass is 16.2. The first-order valence-electron chi connectivity index (χ1n) is 10.5. The smallest absolute Gasteiger partial charge is 0.165 e. The molecule has 1 heterocycles. The number of fused-ring (bicyclic) bond motifs is 3. The minimum Gasteiger partial charge on any atom is -0.515 e. The summed E-state index contributed by atoms with van der Waals surface area (Å²) in [5.41, 5.74) is 4.28. The van der Waals surface area contributed by atoms with Gasteiger partial charge in [-0.25, -0.2) is 9.97 Å². The van der Waals surface area contributed by atoms with Crippen LogP contribution >= 0.6 is 0 Å². The highest BCUT2D eigenvalue weighted by Gasteiger charge is 2.54. The Morgan fingerprint density at radius 3 is 2.47 bits per heavy atom. The first-order chi connectivity index (χ1) is 14.6. The van der Waals surface area contributed by atoms with E-state index >= 15 is 0 Å². The number of hydrogen-bond acceptors (Lipinski definition) is 4. The fourth-order valence-corrected chi connectivity index (χ4v) is 5.49. The summed E-state index contributed by atoms with van der Waals surface area (Å²) in [5.74, 6) is 0.696. The number of carbonyl (C=O) groups is 1. The number of aliphatic hydroxyl groups excluding tert-OH is 1. The second-order valence-electron chi connectivity index (χ2n) is 8.40. The number of aliphatic hydroxyl groups is 1. The third-order valence-electron chi connectivity index (χ3n) is 6.92. The lowest BCUT2D eigenvalue weighted by Gasteiger charge is -2.50. The predicted octanol–water partition coefficient (Wildman–Crippen LogP) is 5.04. The van der Waals surface area contributed by atoms with Crippen LogP contribution in [0, 0.1) is 11.8 Å². The lowest BCUT2D eigenvalue weighted by atomic mass is 9.52. The van der Waals surface area contributed by atoms with Crippen LogP contribution in [0.3, 0.4) is 0 Å². The van der Waals surface area contributed by atoms with Crippen molar-refractivity contribution in [3.63, 3.8) is 0 Å². The van der Waals surface area contributed by atoms with Gasteiger partial charge >= 0.3 is 0 Å². The quantitative estimate of drug-likeness (QED) is 0.487. The van der Waals surface area contributed by atoms with Crippen molar-refractivity contribution in [2.75, 3.05) is 0 Å². The van der Waals surface area contributed by atoms with Crippen LogP contribution in [0.2, 0.25) is 0 Å². The number of hydrogen-bond donors (Lipinski definition) is 1. The van der Waals surface area contributed by atoms with E-state index in [-0.39, 0.29) is 17.6 Å². The van der Waals surface area contributed by atoms with E-state index < -0.39 is 5.41 Å². The predicted molar refractivity (Wildman–Crippen MR) is 116 cm³/mol. The fraction of sp³-hybridized carbons (Fsp3) is 0.269. The number of allylic oxidation sites excluding steroid dienone is 1. The second-order valence-corrected chi connectivity index (χ2v) is 8.40. The lowest BCUT2D eigenvalue weighted by Crippen LogP contribution is -2.51. The molecule has 0 saturated heterocycles. The van der Waals surface area contributed by atoms with Crippen LogP contribution in [0.5, 0.6) is 0 Å². The van der Waals surface area contributed by atoms with Crippen LogP contribution in [0.1, 0.15) is 36.6 Å². The van der Waals surface area contributed by atoms with E-state index in [0.717, 1.165) is 41.5 Å². The molecule has 2 aliphatic carbocycles. The van der Waals surface area contributed by atoms with E-state index in [9.17, 15) is 9.90 Å². The van der Waals surface area contributed by atoms with Crippen molar-refractivity contribution < 1.29 is 9.90 Å². The Kier molecular flexibility index (Phi) is 4.50. The third-order valence-corrected chi connectivity index (χ3v) is 6.92. The number of ketones is 1. The van der Waals surface area contributed by atoms with Crippen molar-refractivity contribution in [2.45, 2.75) is 31.6 Å². The van der Waals surface area contributed by atoms with Gasteiger partial charge in [-0.05, 0) is 36.3 Å². The van der Waals surface area contributed by atoms with Crippen molar-refractivity contribution in [1.29, 1.82) is 0 Å². The molecular weight excluding hydrogens is 372 g/mol. The van der Waals surface area contributed by atoms with Crippen LogP contribution in [0.15, 0.2) is 78.7 Å². The molecule has 1 N–H and O–H groups in total. The van der Waals surface area contributed by atoms with Gasteiger partial charge in [-0.3, -0.25) is 4.79 Å². The van der Waals surface area contributed by atoms with Crippen LogP contribution in [-0.4, -0.2) is 20.9 Å². The monoisotopic (exact) mass is 396 g/mol. The molecule has 0 aliphatic heterocycles. The third kappa shape index (κ3) is 2.71. The number of Topliss-reactive ketones (excluding diaryl/α,β-unsaturated/α-hetero) is 1. The van der Waals surface area contributed by atoms with Crippen LogP contribution in [-0.2, 0) is 16.6 Å². The molecule has 0 spiro atoms. The van der Waals surface area contributed by atoms with Gasteiger partial charge in [0.1, 0.15) is 0 Å². The van der Waals surface area contributed by atoms with Crippen LogP contribution in [0.4, 0.5) is 0 Å². The van der Waals surface area contributed by atoms with Gasteiger partial charge < -0.3 is 5.11 Å². The van der Waals surface area contributed by atoms with Gasteiger partial charge in [-0.1, -0.05) is 67.6 Å². The number of rotatable bonds is 2. The number of carbonyl (C=O) groups excluding carboxylic acids is 1. The highest BCUT2D eigenvalue weighted by molar-refractivity contribution is 5.98. The SMILES string of the molecule is C[C@@H]1C(=O)/C(=C\O)C[C@]2(c3ccccc3)c3nc(-c4ccccc4)ncc3CC[C@@H]12. The number of aryl methyl sites for hydroxylation is 1.